The van der Waals surface area contributed by atoms with E-state index in [2.05, 4.69) is 14.8 Å². The Morgan fingerprint density at radius 2 is 1.94 bits per heavy atom. The van der Waals surface area contributed by atoms with Gasteiger partial charge in [-0.15, -0.1) is 0 Å². The summed E-state index contributed by atoms with van der Waals surface area (Å²) in [6.07, 6.45) is 12.2. The van der Waals surface area contributed by atoms with E-state index in [9.17, 15) is 9.59 Å². The van der Waals surface area contributed by atoms with Gasteiger partial charge in [-0.1, -0.05) is 25.0 Å². The Hall–Kier alpha value is -2.25. The summed E-state index contributed by atoms with van der Waals surface area (Å²) in [5, 5.41) is 0.663. The van der Waals surface area contributed by atoms with Gasteiger partial charge in [-0.05, 0) is 76.1 Å². The molecule has 2 fully saturated rings. The molecule has 0 spiro atoms. The number of rotatable bonds is 12. The van der Waals surface area contributed by atoms with Gasteiger partial charge in [0.05, 0.1) is 17.2 Å². The zero-order chi connectivity index (χ0) is 24.5. The number of piperidine rings is 2. The van der Waals surface area contributed by atoms with Crippen LogP contribution in [-0.2, 0) is 16.1 Å². The Morgan fingerprint density at radius 3 is 2.83 bits per heavy atom. The van der Waals surface area contributed by atoms with Crippen molar-refractivity contribution < 1.29 is 9.53 Å². The summed E-state index contributed by atoms with van der Waals surface area (Å²) in [6, 6.07) is 8.12. The molecule has 1 amide bonds. The van der Waals surface area contributed by atoms with Crippen LogP contribution < -0.4 is 5.56 Å². The number of amides is 1. The van der Waals surface area contributed by atoms with E-state index in [1.807, 2.05) is 24.3 Å². The maximum atomic E-state index is 13.2. The minimum Gasteiger partial charge on any atom is -0.385 e. The number of hydrogen-bond acceptors (Lipinski definition) is 5. The van der Waals surface area contributed by atoms with E-state index in [0.29, 0.717) is 36.9 Å². The number of benzene rings is 1. The number of unbranched alkanes of at least 4 members (excludes halogenated alkanes) is 2. The number of carbonyl (C=O) groups excluding carboxylic acids is 1. The van der Waals surface area contributed by atoms with Crippen LogP contribution in [0, 0.1) is 5.92 Å². The molecule has 2 aliphatic rings. The fourth-order valence-electron chi connectivity index (χ4n) is 5.95. The number of methoxy groups -OCH3 is 1. The summed E-state index contributed by atoms with van der Waals surface area (Å²) < 4.78 is 6.95. The molecule has 0 unspecified atom stereocenters. The molecule has 0 radical (unpaired) electrons. The average molecular weight is 483 g/mol. The van der Waals surface area contributed by atoms with Gasteiger partial charge in [0.1, 0.15) is 0 Å². The number of carbonyl (C=O) groups is 1. The minimum atomic E-state index is 0.0141. The molecular weight excluding hydrogens is 440 g/mol. The quantitative estimate of drug-likeness (QED) is 0.426. The molecule has 0 saturated carbocycles. The van der Waals surface area contributed by atoms with Crippen molar-refractivity contribution in [1.82, 2.24) is 19.4 Å². The molecule has 0 aliphatic carbocycles. The van der Waals surface area contributed by atoms with E-state index >= 15 is 0 Å². The summed E-state index contributed by atoms with van der Waals surface area (Å²) in [7, 11) is 1.73. The smallest absolute Gasteiger partial charge is 0.261 e. The third-order valence-corrected chi connectivity index (χ3v) is 7.83. The van der Waals surface area contributed by atoms with Crippen molar-refractivity contribution in [1.29, 1.82) is 0 Å². The summed E-state index contributed by atoms with van der Waals surface area (Å²) in [4.78, 5) is 35.1. The van der Waals surface area contributed by atoms with Crippen LogP contribution in [0.25, 0.3) is 10.9 Å². The molecule has 2 aliphatic heterocycles. The van der Waals surface area contributed by atoms with Gasteiger partial charge < -0.3 is 14.5 Å². The molecule has 2 aromatic rings. The highest BCUT2D eigenvalue weighted by Gasteiger charge is 2.34. The van der Waals surface area contributed by atoms with E-state index < -0.39 is 0 Å². The summed E-state index contributed by atoms with van der Waals surface area (Å²) >= 11 is 0. The van der Waals surface area contributed by atoms with Crippen LogP contribution >= 0.6 is 0 Å². The molecule has 2 atom stereocenters. The predicted octanol–water partition coefficient (Wildman–Crippen LogP) is 4.09. The Labute approximate surface area is 209 Å². The van der Waals surface area contributed by atoms with Gasteiger partial charge >= 0.3 is 0 Å². The lowest BCUT2D eigenvalue weighted by Gasteiger charge is -2.45. The molecule has 0 bridgehead atoms. The van der Waals surface area contributed by atoms with Crippen LogP contribution in [0.4, 0.5) is 0 Å². The molecule has 192 valence electrons. The SMILES string of the molecule is COCCCN(C[C@@H]1CCCN2CCCC[C@H]12)C(=O)CCCCCn1cnc2ccccc2c1=O. The van der Waals surface area contributed by atoms with Gasteiger partial charge in [0, 0.05) is 45.8 Å². The van der Waals surface area contributed by atoms with Crippen molar-refractivity contribution in [3.05, 3.63) is 40.9 Å². The molecule has 4 rings (SSSR count). The Balaban J connectivity index is 1.26. The zero-order valence-electron chi connectivity index (χ0n) is 21.4. The van der Waals surface area contributed by atoms with Crippen molar-refractivity contribution in [2.45, 2.75) is 76.8 Å². The maximum absolute atomic E-state index is 13.2. The van der Waals surface area contributed by atoms with Crippen molar-refractivity contribution in [2.24, 2.45) is 5.92 Å². The molecule has 7 nitrogen and oxygen atoms in total. The van der Waals surface area contributed by atoms with Crippen LogP contribution in [-0.4, -0.2) is 71.2 Å². The van der Waals surface area contributed by atoms with Gasteiger partial charge in [0.25, 0.3) is 5.56 Å². The highest BCUT2D eigenvalue weighted by molar-refractivity contribution is 5.77. The fourth-order valence-corrected chi connectivity index (χ4v) is 5.95. The highest BCUT2D eigenvalue weighted by Crippen LogP contribution is 2.31. The predicted molar refractivity (Wildman–Crippen MR) is 139 cm³/mol. The topological polar surface area (TPSA) is 67.7 Å². The van der Waals surface area contributed by atoms with E-state index in [4.69, 9.17) is 4.74 Å². The Kier molecular flexibility index (Phi) is 9.72. The summed E-state index contributed by atoms with van der Waals surface area (Å²) in [6.45, 7) is 5.47. The second-order valence-corrected chi connectivity index (χ2v) is 10.3. The van der Waals surface area contributed by atoms with Gasteiger partial charge in [-0.25, -0.2) is 4.98 Å². The van der Waals surface area contributed by atoms with Crippen molar-refractivity contribution in [3.63, 3.8) is 0 Å². The first-order valence-electron chi connectivity index (χ1n) is 13.6. The first-order chi connectivity index (χ1) is 17.2. The molecular formula is C28H42N4O3. The average Bonchev–Trinajstić information content (AvgIpc) is 2.89. The third kappa shape index (κ3) is 6.91. The minimum absolute atomic E-state index is 0.0141. The Morgan fingerprint density at radius 1 is 1.09 bits per heavy atom. The number of aromatic nitrogens is 2. The Bertz CT molecular complexity index is 1010. The lowest BCUT2D eigenvalue weighted by Crippen LogP contribution is -2.51. The van der Waals surface area contributed by atoms with Gasteiger partial charge in [-0.2, -0.15) is 0 Å². The molecule has 7 heteroatoms. The first kappa shape index (κ1) is 25.8. The lowest BCUT2D eigenvalue weighted by atomic mass is 9.83. The fraction of sp³-hybridized carbons (Fsp3) is 0.679. The number of nitrogens with zero attached hydrogens (tertiary/aromatic N) is 4. The van der Waals surface area contributed by atoms with Crippen molar-refractivity contribution >= 4 is 16.8 Å². The number of ether oxygens (including phenoxy) is 1. The molecule has 35 heavy (non-hydrogen) atoms. The van der Waals surface area contributed by atoms with Crippen LogP contribution in [0.5, 0.6) is 0 Å². The number of hydrogen-bond donors (Lipinski definition) is 0. The van der Waals surface area contributed by atoms with Gasteiger partial charge in [0.15, 0.2) is 0 Å². The zero-order valence-corrected chi connectivity index (χ0v) is 21.4. The summed E-state index contributed by atoms with van der Waals surface area (Å²) in [5.74, 6) is 0.876. The van der Waals surface area contributed by atoms with E-state index in [1.165, 1.54) is 45.2 Å². The number of fused-ring (bicyclic) bond motifs is 2. The van der Waals surface area contributed by atoms with Crippen molar-refractivity contribution in [3.8, 4) is 0 Å². The monoisotopic (exact) mass is 482 g/mol. The maximum Gasteiger partial charge on any atom is 0.261 e. The van der Waals surface area contributed by atoms with E-state index in [1.54, 1.807) is 18.0 Å². The van der Waals surface area contributed by atoms with Crippen LogP contribution in [0.15, 0.2) is 35.4 Å². The van der Waals surface area contributed by atoms with Gasteiger partial charge in [-0.3, -0.25) is 14.2 Å². The standard InChI is InChI=1S/C28H42N4O3/c1-35-20-10-19-31(21-23-11-9-18-30-16-8-6-14-26(23)30)27(33)15-3-2-7-17-32-22-29-25-13-5-4-12-24(25)28(32)34/h4-5,12-13,22-23,26H,2-3,6-11,14-21H2,1H3/t23-,26+/m0/s1. The number of para-hydroxylation sites is 1. The van der Waals surface area contributed by atoms with Gasteiger partial charge in [0.2, 0.25) is 5.91 Å². The molecule has 1 aromatic carbocycles. The van der Waals surface area contributed by atoms with Crippen molar-refractivity contribution in [2.75, 3.05) is 39.9 Å². The van der Waals surface area contributed by atoms with Crippen LogP contribution in [0.3, 0.4) is 0 Å². The molecule has 1 aromatic heterocycles. The molecule has 3 heterocycles. The van der Waals surface area contributed by atoms with Crippen LogP contribution in [0.1, 0.15) is 64.2 Å². The largest absolute Gasteiger partial charge is 0.385 e. The molecule has 0 N–H and O–H groups in total. The third-order valence-electron chi connectivity index (χ3n) is 7.83. The first-order valence-corrected chi connectivity index (χ1v) is 13.6. The number of aryl methyl sites for hydroxylation is 1. The van der Waals surface area contributed by atoms with E-state index in [0.717, 1.165) is 44.3 Å². The van der Waals surface area contributed by atoms with Crippen LogP contribution in [0.2, 0.25) is 0 Å². The highest BCUT2D eigenvalue weighted by atomic mass is 16.5. The second kappa shape index (κ2) is 13.2. The lowest BCUT2D eigenvalue weighted by molar-refractivity contribution is -0.133. The molecule has 2 saturated heterocycles. The van der Waals surface area contributed by atoms with E-state index in [-0.39, 0.29) is 11.5 Å². The normalized spacial score (nSPS) is 20.6. The summed E-state index contributed by atoms with van der Waals surface area (Å²) in [5.41, 5.74) is 0.752. The second-order valence-electron chi connectivity index (χ2n) is 10.3.